The van der Waals surface area contributed by atoms with Gasteiger partial charge in [0.2, 0.25) is 4.33 Å². The van der Waals surface area contributed by atoms with E-state index in [-0.39, 0.29) is 6.04 Å². The van der Waals surface area contributed by atoms with Gasteiger partial charge in [-0.1, -0.05) is 41.4 Å². The van der Waals surface area contributed by atoms with Crippen molar-refractivity contribution >= 4 is 34.9 Å². The maximum Gasteiger partial charge on any atom is 0.350 e. The molecule has 1 aromatic carbocycles. The molecule has 0 saturated heterocycles. The molecule has 0 saturated carbocycles. The third-order valence-corrected chi connectivity index (χ3v) is 4.89. The van der Waals surface area contributed by atoms with Crippen LogP contribution >= 0.6 is 23.2 Å². The van der Waals surface area contributed by atoms with Gasteiger partial charge in [-0.3, -0.25) is 0 Å². The van der Waals surface area contributed by atoms with E-state index in [1.54, 1.807) is 0 Å². The van der Waals surface area contributed by atoms with E-state index in [1.165, 1.54) is 0 Å². The van der Waals surface area contributed by atoms with Gasteiger partial charge in [0.25, 0.3) is 0 Å². The summed E-state index contributed by atoms with van der Waals surface area (Å²) in [5.74, 6) is 0.190. The van der Waals surface area contributed by atoms with Crippen LogP contribution in [0.5, 0.6) is 0 Å². The fourth-order valence-corrected chi connectivity index (χ4v) is 3.74. The highest BCUT2D eigenvalue weighted by atomic mass is 35.5. The predicted octanol–water partition coefficient (Wildman–Crippen LogP) is 4.05. The van der Waals surface area contributed by atoms with Gasteiger partial charge in [-0.05, 0) is 37.0 Å². The minimum atomic E-state index is -1.58. The number of esters is 1. The molecule has 0 aromatic heterocycles. The molecule has 1 aromatic rings. The lowest BCUT2D eigenvalue weighted by Crippen LogP contribution is -2.54. The molecule has 0 bridgehead atoms. The highest BCUT2D eigenvalue weighted by Gasteiger charge is 2.52. The number of benzene rings is 1. The van der Waals surface area contributed by atoms with Crippen LogP contribution in [0.1, 0.15) is 25.7 Å². The average Bonchev–Trinajstić information content (AvgIpc) is 2.49. The van der Waals surface area contributed by atoms with Gasteiger partial charge < -0.3 is 9.64 Å². The SMILES string of the molecule is CN(c1ccccc1)C1C2=C(CCCC2)OC(=O)C1(Cl)Cl. The van der Waals surface area contributed by atoms with Crippen LogP contribution in [-0.2, 0) is 9.53 Å². The largest absolute Gasteiger partial charge is 0.429 e. The zero-order chi connectivity index (χ0) is 15.0. The zero-order valence-electron chi connectivity index (χ0n) is 11.8. The van der Waals surface area contributed by atoms with E-state index >= 15 is 0 Å². The molecular formula is C16H17Cl2NO2. The second kappa shape index (κ2) is 5.54. The van der Waals surface area contributed by atoms with E-state index in [0.717, 1.165) is 42.7 Å². The summed E-state index contributed by atoms with van der Waals surface area (Å²) in [6, 6.07) is 9.42. The zero-order valence-corrected chi connectivity index (χ0v) is 13.3. The minimum Gasteiger partial charge on any atom is -0.429 e. The first-order chi connectivity index (χ1) is 10.0. The van der Waals surface area contributed by atoms with Crippen LogP contribution in [-0.4, -0.2) is 23.4 Å². The Kier molecular flexibility index (Phi) is 3.89. The number of carbonyl (C=O) groups excluding carboxylic acids is 1. The Bertz CT molecular complexity index is 583. The Labute approximate surface area is 134 Å². The number of hydrogen-bond acceptors (Lipinski definition) is 3. The van der Waals surface area contributed by atoms with Crippen LogP contribution < -0.4 is 4.90 Å². The molecule has 1 unspecified atom stereocenters. The van der Waals surface area contributed by atoms with E-state index in [4.69, 9.17) is 27.9 Å². The number of nitrogens with zero attached hydrogens (tertiary/aromatic N) is 1. The lowest BCUT2D eigenvalue weighted by molar-refractivity contribution is -0.142. The van der Waals surface area contributed by atoms with Gasteiger partial charge in [0.1, 0.15) is 5.76 Å². The number of anilines is 1. The van der Waals surface area contributed by atoms with E-state index in [1.807, 2.05) is 42.3 Å². The molecule has 3 rings (SSSR count). The van der Waals surface area contributed by atoms with Gasteiger partial charge in [-0.15, -0.1) is 0 Å². The van der Waals surface area contributed by atoms with Crippen molar-refractivity contribution in [1.29, 1.82) is 0 Å². The van der Waals surface area contributed by atoms with Crippen LogP contribution in [0.25, 0.3) is 0 Å². The molecule has 0 spiro atoms. The van der Waals surface area contributed by atoms with E-state index in [0.29, 0.717) is 0 Å². The van der Waals surface area contributed by atoms with Crippen molar-refractivity contribution in [2.45, 2.75) is 36.1 Å². The van der Waals surface area contributed by atoms with Crippen LogP contribution in [0, 0.1) is 0 Å². The number of para-hydroxylation sites is 1. The van der Waals surface area contributed by atoms with Gasteiger partial charge in [0.05, 0.1) is 6.04 Å². The van der Waals surface area contributed by atoms with Crippen LogP contribution in [0.3, 0.4) is 0 Å². The molecule has 1 atom stereocenters. The van der Waals surface area contributed by atoms with Crippen molar-refractivity contribution < 1.29 is 9.53 Å². The Morgan fingerprint density at radius 3 is 2.57 bits per heavy atom. The van der Waals surface area contributed by atoms with E-state index in [9.17, 15) is 4.79 Å². The average molecular weight is 326 g/mol. The number of allylic oxidation sites excluding steroid dienone is 1. The summed E-state index contributed by atoms with van der Waals surface area (Å²) < 4.78 is 3.79. The molecule has 21 heavy (non-hydrogen) atoms. The summed E-state index contributed by atoms with van der Waals surface area (Å²) in [6.45, 7) is 0. The quantitative estimate of drug-likeness (QED) is 0.606. The fourth-order valence-electron chi connectivity index (χ4n) is 3.11. The molecule has 0 amide bonds. The molecule has 1 aliphatic carbocycles. The van der Waals surface area contributed by atoms with E-state index < -0.39 is 10.3 Å². The third-order valence-electron chi connectivity index (χ3n) is 4.17. The Balaban J connectivity index is 2.05. The van der Waals surface area contributed by atoms with Crippen molar-refractivity contribution in [3.8, 4) is 0 Å². The highest BCUT2D eigenvalue weighted by Crippen LogP contribution is 2.45. The third kappa shape index (κ3) is 2.53. The molecule has 0 radical (unpaired) electrons. The van der Waals surface area contributed by atoms with Crippen molar-refractivity contribution in [2.24, 2.45) is 0 Å². The van der Waals surface area contributed by atoms with Crippen LogP contribution in [0.15, 0.2) is 41.7 Å². The molecule has 0 fully saturated rings. The number of halogens is 2. The topological polar surface area (TPSA) is 29.5 Å². The van der Waals surface area contributed by atoms with Crippen LogP contribution in [0.4, 0.5) is 5.69 Å². The number of alkyl halides is 2. The Morgan fingerprint density at radius 2 is 1.86 bits per heavy atom. The molecule has 3 nitrogen and oxygen atoms in total. The first kappa shape index (κ1) is 14.7. The molecule has 5 heteroatoms. The first-order valence-corrected chi connectivity index (χ1v) is 7.87. The summed E-state index contributed by atoms with van der Waals surface area (Å²) in [5.41, 5.74) is 2.03. The molecule has 2 aliphatic rings. The molecule has 1 heterocycles. The van der Waals surface area contributed by atoms with Gasteiger partial charge in [0, 0.05) is 19.2 Å². The van der Waals surface area contributed by atoms with Gasteiger partial charge in [-0.2, -0.15) is 0 Å². The van der Waals surface area contributed by atoms with Gasteiger partial charge >= 0.3 is 5.97 Å². The maximum atomic E-state index is 12.2. The Hall–Kier alpha value is -1.19. The number of ether oxygens (including phenoxy) is 1. The van der Waals surface area contributed by atoms with Crippen molar-refractivity contribution in [3.63, 3.8) is 0 Å². The molecule has 1 aliphatic heterocycles. The minimum absolute atomic E-state index is 0.389. The number of carbonyl (C=O) groups is 1. The summed E-state index contributed by atoms with van der Waals surface area (Å²) in [7, 11) is 1.91. The Morgan fingerprint density at radius 1 is 1.19 bits per heavy atom. The summed E-state index contributed by atoms with van der Waals surface area (Å²) in [4.78, 5) is 14.1. The first-order valence-electron chi connectivity index (χ1n) is 7.11. The maximum absolute atomic E-state index is 12.2. The number of rotatable bonds is 2. The van der Waals surface area contributed by atoms with Gasteiger partial charge in [-0.25, -0.2) is 4.79 Å². The van der Waals surface area contributed by atoms with Crippen molar-refractivity contribution in [2.75, 3.05) is 11.9 Å². The van der Waals surface area contributed by atoms with Crippen LogP contribution in [0.2, 0.25) is 0 Å². The lowest BCUT2D eigenvalue weighted by atomic mass is 9.87. The van der Waals surface area contributed by atoms with Gasteiger partial charge in [0.15, 0.2) is 0 Å². The predicted molar refractivity (Wildman–Crippen MR) is 84.7 cm³/mol. The summed E-state index contributed by atoms with van der Waals surface area (Å²) in [5, 5.41) is 0. The second-order valence-corrected chi connectivity index (χ2v) is 6.90. The second-order valence-electron chi connectivity index (χ2n) is 5.52. The summed E-state index contributed by atoms with van der Waals surface area (Å²) >= 11 is 12.7. The smallest absolute Gasteiger partial charge is 0.350 e. The highest BCUT2D eigenvalue weighted by molar-refractivity contribution is 6.58. The van der Waals surface area contributed by atoms with Crippen molar-refractivity contribution in [3.05, 3.63) is 41.7 Å². The number of hydrogen-bond donors (Lipinski definition) is 0. The lowest BCUT2D eigenvalue weighted by Gasteiger charge is -2.43. The summed E-state index contributed by atoms with van der Waals surface area (Å²) in [6.07, 6.45) is 3.75. The monoisotopic (exact) mass is 325 g/mol. The fraction of sp³-hybridized carbons (Fsp3) is 0.438. The standard InChI is InChI=1S/C16H17Cl2NO2/c1-19(11-7-3-2-4-8-11)14-12-9-5-6-10-13(12)21-15(20)16(14,17)18/h2-4,7-8,14H,5-6,9-10H2,1H3. The molecule has 0 N–H and O–H groups in total. The van der Waals surface area contributed by atoms with Crippen molar-refractivity contribution in [1.82, 2.24) is 0 Å². The normalized spacial score (nSPS) is 24.3. The molecule has 112 valence electrons. The molecular weight excluding hydrogens is 309 g/mol. The number of likely N-dealkylation sites (N-methyl/N-ethyl adjacent to an activating group) is 1. The van der Waals surface area contributed by atoms with E-state index in [2.05, 4.69) is 0 Å².